The van der Waals surface area contributed by atoms with E-state index in [1.54, 1.807) is 0 Å². The molecule has 0 amide bonds. The van der Waals surface area contributed by atoms with Crippen LogP contribution in [-0.2, 0) is 5.41 Å². The predicted octanol–water partition coefficient (Wildman–Crippen LogP) is 15.9. The van der Waals surface area contributed by atoms with E-state index in [2.05, 4.69) is 210 Å². The van der Waals surface area contributed by atoms with Crippen molar-refractivity contribution in [3.05, 3.63) is 204 Å². The molecule has 0 saturated carbocycles. The van der Waals surface area contributed by atoms with Gasteiger partial charge in [-0.05, 0) is 159 Å². The van der Waals surface area contributed by atoms with Gasteiger partial charge >= 0.3 is 0 Å². The van der Waals surface area contributed by atoms with Crippen molar-refractivity contribution in [1.82, 2.24) is 0 Å². The normalized spacial score (nSPS) is 13.1. The number of aryl methyl sites for hydroxylation is 2. The summed E-state index contributed by atoms with van der Waals surface area (Å²) in [5, 5.41) is 10.5. The maximum Gasteiger partial charge on any atom is 0.0159 e. The van der Waals surface area contributed by atoms with Crippen LogP contribution in [0.15, 0.2) is 182 Å². The van der Waals surface area contributed by atoms with Crippen LogP contribution in [0.4, 0.5) is 0 Å². The summed E-state index contributed by atoms with van der Waals surface area (Å²) in [5.74, 6) is 0. The Hall–Kier alpha value is -6.76. The Morgan fingerprint density at radius 2 is 0.649 bits per heavy atom. The first-order chi connectivity index (χ1) is 27.9. The molecule has 0 fully saturated rings. The van der Waals surface area contributed by atoms with Gasteiger partial charge in [0.25, 0.3) is 0 Å². The molecule has 1 aliphatic carbocycles. The van der Waals surface area contributed by atoms with Crippen LogP contribution in [0.5, 0.6) is 0 Å². The summed E-state index contributed by atoms with van der Waals surface area (Å²) in [4.78, 5) is 0. The fourth-order valence-corrected chi connectivity index (χ4v) is 10.0. The smallest absolute Gasteiger partial charge is 0.0159 e. The summed E-state index contributed by atoms with van der Waals surface area (Å²) in [5.41, 5.74) is 18.2. The standard InChI is InChI=1S/C57H42/c1-35-41-25-23-39(44-29-27-42(37-15-7-5-8-16-37)46-19-11-13-21-48(44)46)31-51(41)36(2)53-34-56-54(33-52(35)53)50-26-24-40(32-55(50)57(56,3)4)45-30-28-43(38-17-9-6-10-18-38)47-20-12-14-22-49(45)47/h5-34H,1-4H3. The Kier molecular flexibility index (Phi) is 7.44. The molecule has 0 heterocycles. The predicted molar refractivity (Wildman–Crippen MR) is 245 cm³/mol. The molecule has 0 saturated heterocycles. The SMILES string of the molecule is Cc1c2ccc(-c3ccc(-c4ccccc4)c4ccccc34)cc2c(C)c2cc3c(cc12)-c1ccc(-c2ccc(-c4ccccc4)c4ccccc24)cc1C3(C)C. The molecule has 10 aromatic rings. The molecule has 57 heavy (non-hydrogen) atoms. The Bertz CT molecular complexity index is 3250. The molecule has 270 valence electrons. The number of hydrogen-bond donors (Lipinski definition) is 0. The lowest BCUT2D eigenvalue weighted by Crippen LogP contribution is -2.15. The zero-order valence-corrected chi connectivity index (χ0v) is 32.8. The van der Waals surface area contributed by atoms with Crippen molar-refractivity contribution in [2.24, 2.45) is 0 Å². The second kappa shape index (κ2) is 12.6. The van der Waals surface area contributed by atoms with Crippen LogP contribution in [-0.4, -0.2) is 0 Å². The zero-order chi connectivity index (χ0) is 38.4. The van der Waals surface area contributed by atoms with Crippen LogP contribution >= 0.6 is 0 Å². The van der Waals surface area contributed by atoms with Crippen molar-refractivity contribution in [2.45, 2.75) is 33.1 Å². The van der Waals surface area contributed by atoms with Gasteiger partial charge < -0.3 is 0 Å². The highest BCUT2D eigenvalue weighted by atomic mass is 14.4. The van der Waals surface area contributed by atoms with Gasteiger partial charge in [0.2, 0.25) is 0 Å². The van der Waals surface area contributed by atoms with E-state index >= 15 is 0 Å². The lowest BCUT2D eigenvalue weighted by Gasteiger charge is -2.23. The Morgan fingerprint density at radius 3 is 1.19 bits per heavy atom. The highest BCUT2D eigenvalue weighted by Gasteiger charge is 2.36. The lowest BCUT2D eigenvalue weighted by atomic mass is 9.80. The van der Waals surface area contributed by atoms with E-state index in [4.69, 9.17) is 0 Å². The molecule has 0 radical (unpaired) electrons. The molecule has 11 rings (SSSR count). The Labute approximate surface area is 334 Å². The molecular weight excluding hydrogens is 685 g/mol. The van der Waals surface area contributed by atoms with E-state index in [1.807, 2.05) is 0 Å². The van der Waals surface area contributed by atoms with E-state index in [9.17, 15) is 0 Å². The molecule has 0 heteroatoms. The second-order valence-electron chi connectivity index (χ2n) is 16.5. The molecule has 1 aliphatic rings. The minimum absolute atomic E-state index is 0.148. The number of benzene rings is 10. The van der Waals surface area contributed by atoms with E-state index in [-0.39, 0.29) is 5.41 Å². The molecule has 0 unspecified atom stereocenters. The van der Waals surface area contributed by atoms with Gasteiger partial charge in [-0.3, -0.25) is 0 Å². The van der Waals surface area contributed by atoms with Crippen LogP contribution in [0, 0.1) is 13.8 Å². The average Bonchev–Trinajstić information content (AvgIpc) is 3.49. The fraction of sp³-hybridized carbons (Fsp3) is 0.0877. The first-order valence-corrected chi connectivity index (χ1v) is 20.2. The summed E-state index contributed by atoms with van der Waals surface area (Å²) in [6.45, 7) is 9.47. The van der Waals surface area contributed by atoms with Gasteiger partial charge in [0, 0.05) is 5.41 Å². The van der Waals surface area contributed by atoms with Crippen molar-refractivity contribution < 1.29 is 0 Å². The van der Waals surface area contributed by atoms with Crippen LogP contribution in [0.2, 0.25) is 0 Å². The van der Waals surface area contributed by atoms with Crippen molar-refractivity contribution in [3.63, 3.8) is 0 Å². The third kappa shape index (κ3) is 5.07. The molecular formula is C57H42. The Balaban J connectivity index is 1.03. The van der Waals surface area contributed by atoms with Crippen LogP contribution < -0.4 is 0 Å². The van der Waals surface area contributed by atoms with Crippen molar-refractivity contribution in [1.29, 1.82) is 0 Å². The van der Waals surface area contributed by atoms with Gasteiger partial charge in [-0.25, -0.2) is 0 Å². The van der Waals surface area contributed by atoms with Crippen LogP contribution in [0.1, 0.15) is 36.1 Å². The molecule has 0 N–H and O–H groups in total. The summed E-state index contributed by atoms with van der Waals surface area (Å²) in [7, 11) is 0. The lowest BCUT2D eigenvalue weighted by molar-refractivity contribution is 0.661. The van der Waals surface area contributed by atoms with Gasteiger partial charge in [0.1, 0.15) is 0 Å². The van der Waals surface area contributed by atoms with Gasteiger partial charge in [0.05, 0.1) is 0 Å². The molecule has 10 aromatic carbocycles. The molecule has 0 aliphatic heterocycles. The van der Waals surface area contributed by atoms with E-state index in [1.165, 1.54) is 121 Å². The fourth-order valence-electron chi connectivity index (χ4n) is 10.0. The van der Waals surface area contributed by atoms with Gasteiger partial charge in [-0.1, -0.05) is 172 Å². The minimum atomic E-state index is -0.148. The van der Waals surface area contributed by atoms with Crippen molar-refractivity contribution in [3.8, 4) is 55.6 Å². The average molecular weight is 727 g/mol. The molecule has 0 spiro atoms. The van der Waals surface area contributed by atoms with Gasteiger partial charge in [-0.2, -0.15) is 0 Å². The van der Waals surface area contributed by atoms with E-state index in [0.29, 0.717) is 0 Å². The van der Waals surface area contributed by atoms with Crippen molar-refractivity contribution in [2.75, 3.05) is 0 Å². The van der Waals surface area contributed by atoms with Gasteiger partial charge in [-0.15, -0.1) is 0 Å². The monoisotopic (exact) mass is 726 g/mol. The first kappa shape index (κ1) is 33.6. The zero-order valence-electron chi connectivity index (χ0n) is 32.8. The summed E-state index contributed by atoms with van der Waals surface area (Å²) < 4.78 is 0. The maximum atomic E-state index is 2.52. The largest absolute Gasteiger partial charge is 0.0622 e. The van der Waals surface area contributed by atoms with E-state index in [0.717, 1.165) is 0 Å². The summed E-state index contributed by atoms with van der Waals surface area (Å²) in [6.07, 6.45) is 0. The third-order valence-electron chi connectivity index (χ3n) is 13.1. The topological polar surface area (TPSA) is 0 Å². The summed E-state index contributed by atoms with van der Waals surface area (Å²) >= 11 is 0. The molecule has 0 nitrogen and oxygen atoms in total. The maximum absolute atomic E-state index is 2.52. The van der Waals surface area contributed by atoms with Crippen LogP contribution in [0.25, 0.3) is 98.7 Å². The second-order valence-corrected chi connectivity index (χ2v) is 16.5. The number of hydrogen-bond acceptors (Lipinski definition) is 0. The summed E-state index contributed by atoms with van der Waals surface area (Å²) in [6, 6.07) is 67.8. The Morgan fingerprint density at radius 1 is 0.263 bits per heavy atom. The highest BCUT2D eigenvalue weighted by Crippen LogP contribution is 2.52. The molecule has 0 bridgehead atoms. The van der Waals surface area contributed by atoms with Gasteiger partial charge in [0.15, 0.2) is 0 Å². The minimum Gasteiger partial charge on any atom is -0.0622 e. The molecule has 0 aromatic heterocycles. The van der Waals surface area contributed by atoms with Crippen LogP contribution in [0.3, 0.4) is 0 Å². The number of fused-ring (bicyclic) bond motifs is 7. The quantitative estimate of drug-likeness (QED) is 0.158. The highest BCUT2D eigenvalue weighted by molar-refractivity contribution is 6.11. The third-order valence-corrected chi connectivity index (χ3v) is 13.1. The van der Waals surface area contributed by atoms with E-state index < -0.39 is 0 Å². The number of rotatable bonds is 4. The van der Waals surface area contributed by atoms with Crippen molar-refractivity contribution >= 4 is 43.1 Å². The first-order valence-electron chi connectivity index (χ1n) is 20.2. The molecule has 0 atom stereocenters.